The first-order valence-corrected chi connectivity index (χ1v) is 7.78. The highest BCUT2D eigenvalue weighted by atomic mass is 79.9. The number of rotatable bonds is 4. The van der Waals surface area contributed by atoms with Gasteiger partial charge in [0.25, 0.3) is 0 Å². The van der Waals surface area contributed by atoms with Crippen molar-refractivity contribution in [1.82, 2.24) is 4.98 Å². The summed E-state index contributed by atoms with van der Waals surface area (Å²) in [5.41, 5.74) is 1.78. The van der Waals surface area contributed by atoms with Gasteiger partial charge in [-0.3, -0.25) is 4.98 Å². The van der Waals surface area contributed by atoms with Crippen LogP contribution in [-0.2, 0) is 9.47 Å². The fourth-order valence-electron chi connectivity index (χ4n) is 2.28. The van der Waals surface area contributed by atoms with Gasteiger partial charge in [0.15, 0.2) is 0 Å². The molecule has 1 aromatic rings. The van der Waals surface area contributed by atoms with Crippen molar-refractivity contribution in [2.24, 2.45) is 0 Å². The van der Waals surface area contributed by atoms with Gasteiger partial charge < -0.3 is 9.47 Å². The normalized spacial score (nSPS) is 16.8. The van der Waals surface area contributed by atoms with Gasteiger partial charge >= 0.3 is 0 Å². The first kappa shape index (κ1) is 15.5. The molecule has 4 heteroatoms. The summed E-state index contributed by atoms with van der Waals surface area (Å²) in [6.45, 7) is 2.46. The van der Waals surface area contributed by atoms with Crippen molar-refractivity contribution in [3.63, 3.8) is 0 Å². The third kappa shape index (κ3) is 4.31. The Morgan fingerprint density at radius 3 is 2.85 bits per heavy atom. The maximum atomic E-state index is 5.71. The second-order valence-corrected chi connectivity index (χ2v) is 5.84. The Labute approximate surface area is 129 Å². The molecule has 0 N–H and O–H groups in total. The van der Waals surface area contributed by atoms with Crippen LogP contribution in [0.2, 0.25) is 0 Å². The zero-order chi connectivity index (χ0) is 14.4. The van der Waals surface area contributed by atoms with Crippen LogP contribution in [0.15, 0.2) is 16.7 Å². The molecule has 1 aliphatic carbocycles. The molecule has 1 fully saturated rings. The fraction of sp³-hybridized carbons (Fsp3) is 0.562. The summed E-state index contributed by atoms with van der Waals surface area (Å²) in [6.07, 6.45) is 7.09. The van der Waals surface area contributed by atoms with Crippen LogP contribution in [0, 0.1) is 11.8 Å². The van der Waals surface area contributed by atoms with E-state index in [1.54, 1.807) is 13.3 Å². The molecule has 20 heavy (non-hydrogen) atoms. The fourth-order valence-corrected chi connectivity index (χ4v) is 2.95. The van der Waals surface area contributed by atoms with Gasteiger partial charge in [-0.25, -0.2) is 0 Å². The monoisotopic (exact) mass is 337 g/mol. The van der Waals surface area contributed by atoms with Crippen LogP contribution >= 0.6 is 15.9 Å². The highest BCUT2D eigenvalue weighted by molar-refractivity contribution is 9.10. The van der Waals surface area contributed by atoms with Crippen LogP contribution in [0.1, 0.15) is 50.0 Å². The summed E-state index contributed by atoms with van der Waals surface area (Å²) < 4.78 is 11.9. The highest BCUT2D eigenvalue weighted by Gasteiger charge is 2.14. The molecular weight excluding hydrogens is 318 g/mol. The van der Waals surface area contributed by atoms with Crippen LogP contribution in [-0.4, -0.2) is 24.8 Å². The van der Waals surface area contributed by atoms with Crippen LogP contribution in [0.25, 0.3) is 0 Å². The molecule has 0 radical (unpaired) electrons. The maximum absolute atomic E-state index is 5.71. The van der Waals surface area contributed by atoms with Crippen molar-refractivity contribution in [3.05, 3.63) is 28.0 Å². The van der Waals surface area contributed by atoms with E-state index in [1.165, 1.54) is 25.7 Å². The molecule has 0 aromatic carbocycles. The van der Waals surface area contributed by atoms with E-state index in [4.69, 9.17) is 9.47 Å². The standard InChI is InChI=1S/C16H20BrNO2/c1-12(19-2)16-15(17)10-13(11-18-16)6-5-9-20-14-7-3-4-8-14/h10-12,14H,3-4,7-9H2,1-2H3/t12-/m0/s1. The van der Waals surface area contributed by atoms with E-state index in [-0.39, 0.29) is 6.10 Å². The summed E-state index contributed by atoms with van der Waals surface area (Å²) in [7, 11) is 1.67. The minimum atomic E-state index is -0.0305. The Balaban J connectivity index is 1.91. The molecule has 0 aliphatic heterocycles. The zero-order valence-corrected chi connectivity index (χ0v) is 13.6. The topological polar surface area (TPSA) is 31.4 Å². The van der Waals surface area contributed by atoms with Gasteiger partial charge in [0.05, 0.1) is 17.9 Å². The lowest BCUT2D eigenvalue weighted by atomic mass is 10.2. The molecule has 0 amide bonds. The smallest absolute Gasteiger partial charge is 0.108 e. The Morgan fingerprint density at radius 2 is 2.20 bits per heavy atom. The molecule has 1 aliphatic rings. The third-order valence-corrected chi connectivity index (χ3v) is 4.17. The van der Waals surface area contributed by atoms with Crippen molar-refractivity contribution in [2.45, 2.75) is 44.8 Å². The molecule has 0 saturated heterocycles. The SMILES string of the molecule is CO[C@@H](C)c1ncc(C#CCOC2CCCC2)cc1Br. The van der Waals surface area contributed by atoms with Crippen molar-refractivity contribution in [3.8, 4) is 11.8 Å². The van der Waals surface area contributed by atoms with Crippen molar-refractivity contribution >= 4 is 15.9 Å². The molecule has 108 valence electrons. The minimum absolute atomic E-state index is 0.0305. The van der Waals surface area contributed by atoms with E-state index in [9.17, 15) is 0 Å². The maximum Gasteiger partial charge on any atom is 0.108 e. The number of aromatic nitrogens is 1. The Bertz CT molecular complexity index is 501. The summed E-state index contributed by atoms with van der Waals surface area (Å²) in [6, 6.07) is 1.97. The lowest BCUT2D eigenvalue weighted by molar-refractivity contribution is 0.0837. The van der Waals surface area contributed by atoms with Gasteiger partial charge in [0.1, 0.15) is 6.61 Å². The van der Waals surface area contributed by atoms with Gasteiger partial charge in [-0.15, -0.1) is 0 Å². The molecule has 1 aromatic heterocycles. The molecule has 0 spiro atoms. The lowest BCUT2D eigenvalue weighted by Gasteiger charge is -2.10. The van der Waals surface area contributed by atoms with E-state index in [2.05, 4.69) is 32.8 Å². The van der Waals surface area contributed by atoms with Crippen molar-refractivity contribution in [1.29, 1.82) is 0 Å². The second kappa shape index (κ2) is 7.78. The number of hydrogen-bond acceptors (Lipinski definition) is 3. The van der Waals surface area contributed by atoms with Gasteiger partial charge in [0.2, 0.25) is 0 Å². The molecule has 1 atom stereocenters. The average molecular weight is 338 g/mol. The Morgan fingerprint density at radius 1 is 1.45 bits per heavy atom. The first-order valence-electron chi connectivity index (χ1n) is 6.99. The largest absolute Gasteiger partial charge is 0.375 e. The summed E-state index contributed by atoms with van der Waals surface area (Å²) in [5, 5.41) is 0. The van der Waals surface area contributed by atoms with E-state index in [0.29, 0.717) is 12.7 Å². The molecule has 1 saturated carbocycles. The molecular formula is C16H20BrNO2. The first-order chi connectivity index (χ1) is 9.70. The number of pyridine rings is 1. The van der Waals surface area contributed by atoms with Crippen LogP contribution in [0.4, 0.5) is 0 Å². The zero-order valence-electron chi connectivity index (χ0n) is 12.0. The summed E-state index contributed by atoms with van der Waals surface area (Å²) in [4.78, 5) is 4.39. The highest BCUT2D eigenvalue weighted by Crippen LogP contribution is 2.23. The second-order valence-electron chi connectivity index (χ2n) is 4.99. The van der Waals surface area contributed by atoms with E-state index < -0.39 is 0 Å². The van der Waals surface area contributed by atoms with Gasteiger partial charge in [0, 0.05) is 23.3 Å². The number of halogens is 1. The molecule has 1 heterocycles. The Kier molecular flexibility index (Phi) is 6.03. The van der Waals surface area contributed by atoms with Crippen LogP contribution in [0.5, 0.6) is 0 Å². The number of hydrogen-bond donors (Lipinski definition) is 0. The quantitative estimate of drug-likeness (QED) is 0.781. The molecule has 3 nitrogen and oxygen atoms in total. The minimum Gasteiger partial charge on any atom is -0.375 e. The molecule has 2 rings (SSSR count). The third-order valence-electron chi connectivity index (χ3n) is 3.53. The summed E-state index contributed by atoms with van der Waals surface area (Å²) in [5.74, 6) is 6.14. The molecule has 0 bridgehead atoms. The van der Waals surface area contributed by atoms with Gasteiger partial charge in [-0.1, -0.05) is 24.7 Å². The van der Waals surface area contributed by atoms with E-state index in [0.717, 1.165) is 15.7 Å². The Hall–Kier alpha value is -0.890. The van der Waals surface area contributed by atoms with Gasteiger partial charge in [-0.05, 0) is 41.8 Å². The van der Waals surface area contributed by atoms with Crippen LogP contribution in [0.3, 0.4) is 0 Å². The predicted molar refractivity (Wildman–Crippen MR) is 82.4 cm³/mol. The van der Waals surface area contributed by atoms with Gasteiger partial charge in [-0.2, -0.15) is 0 Å². The number of nitrogens with zero attached hydrogens (tertiary/aromatic N) is 1. The van der Waals surface area contributed by atoms with Crippen molar-refractivity contribution in [2.75, 3.05) is 13.7 Å². The average Bonchev–Trinajstić information content (AvgIpc) is 2.96. The number of ether oxygens (including phenoxy) is 2. The van der Waals surface area contributed by atoms with Crippen LogP contribution < -0.4 is 0 Å². The summed E-state index contributed by atoms with van der Waals surface area (Å²) >= 11 is 3.51. The lowest BCUT2D eigenvalue weighted by Crippen LogP contribution is -2.07. The van der Waals surface area contributed by atoms with Crippen molar-refractivity contribution < 1.29 is 9.47 Å². The number of methoxy groups -OCH3 is 1. The van der Waals surface area contributed by atoms with E-state index >= 15 is 0 Å². The predicted octanol–water partition coefficient (Wildman–Crippen LogP) is 3.86. The molecule has 0 unspecified atom stereocenters. The van der Waals surface area contributed by atoms with E-state index in [1.807, 2.05) is 13.0 Å².